The lowest BCUT2D eigenvalue weighted by molar-refractivity contribution is -0.127. The van der Waals surface area contributed by atoms with E-state index in [1.807, 2.05) is 24.3 Å². The summed E-state index contributed by atoms with van der Waals surface area (Å²) in [5.74, 6) is 0.961. The lowest BCUT2D eigenvalue weighted by Crippen LogP contribution is -2.42. The molecule has 2 aromatic carbocycles. The van der Waals surface area contributed by atoms with Gasteiger partial charge in [0.2, 0.25) is 5.91 Å². The van der Waals surface area contributed by atoms with Crippen LogP contribution in [0.2, 0.25) is 5.02 Å². The van der Waals surface area contributed by atoms with Crippen LogP contribution in [0.25, 0.3) is 0 Å². The number of fused-ring (bicyclic) bond motifs is 1. The van der Waals surface area contributed by atoms with E-state index < -0.39 is 0 Å². The molecule has 142 valence electrons. The number of nitrogens with one attached hydrogen (secondary N) is 1. The van der Waals surface area contributed by atoms with Crippen LogP contribution in [0, 0.1) is 5.92 Å². The number of halogens is 1. The molecule has 0 radical (unpaired) electrons. The maximum Gasteiger partial charge on any atom is 0.223 e. The van der Waals surface area contributed by atoms with E-state index in [4.69, 9.17) is 16.3 Å². The summed E-state index contributed by atoms with van der Waals surface area (Å²) < 4.78 is 5.69. The molecule has 0 aromatic heterocycles. The minimum Gasteiger partial charge on any atom is -0.492 e. The predicted octanol–water partition coefficient (Wildman–Crippen LogP) is 4.19. The molecule has 1 saturated heterocycles. The fraction of sp³-hybridized carbons (Fsp3) is 0.409. The third-order valence-electron chi connectivity index (χ3n) is 5.55. The van der Waals surface area contributed by atoms with Gasteiger partial charge >= 0.3 is 0 Å². The number of amides is 1. The highest BCUT2D eigenvalue weighted by atomic mass is 35.5. The molecule has 1 amide bonds. The third kappa shape index (κ3) is 4.28. The largest absolute Gasteiger partial charge is 0.492 e. The fourth-order valence-corrected chi connectivity index (χ4v) is 4.26. The number of benzene rings is 2. The highest BCUT2D eigenvalue weighted by Crippen LogP contribution is 2.37. The summed E-state index contributed by atoms with van der Waals surface area (Å²) in [7, 11) is 0. The molecule has 1 unspecified atom stereocenters. The number of rotatable bonds is 4. The van der Waals surface area contributed by atoms with Crippen LogP contribution in [-0.4, -0.2) is 30.5 Å². The summed E-state index contributed by atoms with van der Waals surface area (Å²) >= 11 is 6.23. The molecule has 0 bridgehead atoms. The number of piperidine rings is 1. The molecule has 27 heavy (non-hydrogen) atoms. The van der Waals surface area contributed by atoms with Crippen molar-refractivity contribution in [3.8, 4) is 5.75 Å². The number of ether oxygens (including phenoxy) is 1. The molecule has 2 aliphatic heterocycles. The van der Waals surface area contributed by atoms with Crippen LogP contribution in [0.15, 0.2) is 48.5 Å². The van der Waals surface area contributed by atoms with E-state index in [0.717, 1.165) is 44.5 Å². The van der Waals surface area contributed by atoms with Crippen LogP contribution in [0.4, 0.5) is 0 Å². The van der Waals surface area contributed by atoms with Crippen LogP contribution in [0.5, 0.6) is 5.75 Å². The van der Waals surface area contributed by atoms with E-state index in [1.165, 1.54) is 5.56 Å². The van der Waals surface area contributed by atoms with Gasteiger partial charge in [-0.3, -0.25) is 9.69 Å². The van der Waals surface area contributed by atoms with Crippen LogP contribution < -0.4 is 10.1 Å². The molecule has 1 fully saturated rings. The Bertz CT molecular complexity index is 788. The lowest BCUT2D eigenvalue weighted by Gasteiger charge is -2.33. The average Bonchev–Trinajstić information content (AvgIpc) is 2.70. The normalized spacial score (nSPS) is 20.6. The second kappa shape index (κ2) is 8.32. The predicted molar refractivity (Wildman–Crippen MR) is 107 cm³/mol. The Labute approximate surface area is 165 Å². The lowest BCUT2D eigenvalue weighted by atomic mass is 9.93. The maximum atomic E-state index is 12.8. The topological polar surface area (TPSA) is 41.6 Å². The fourth-order valence-electron chi connectivity index (χ4n) is 4.02. The molecule has 1 N–H and O–H groups in total. The number of likely N-dealkylation sites (tertiary alicyclic amines) is 1. The molecule has 2 aromatic rings. The molecule has 4 nitrogen and oxygen atoms in total. The summed E-state index contributed by atoms with van der Waals surface area (Å²) in [6.45, 7) is 3.46. The van der Waals surface area contributed by atoms with Gasteiger partial charge in [0.05, 0.1) is 17.7 Å². The molecule has 2 aliphatic rings. The number of carbonyl (C=O) groups excluding carboxylic acids is 1. The number of hydrogen-bond acceptors (Lipinski definition) is 3. The first kappa shape index (κ1) is 18.3. The smallest absolute Gasteiger partial charge is 0.223 e. The third-order valence-corrected chi connectivity index (χ3v) is 5.85. The quantitative estimate of drug-likeness (QED) is 0.859. The minimum atomic E-state index is -0.0118. The molecule has 0 saturated carbocycles. The summed E-state index contributed by atoms with van der Waals surface area (Å²) in [6, 6.07) is 16.2. The van der Waals surface area contributed by atoms with Crippen LogP contribution in [0.3, 0.4) is 0 Å². The number of carbonyl (C=O) groups is 1. The van der Waals surface area contributed by atoms with Gasteiger partial charge in [0.1, 0.15) is 5.75 Å². The Hall–Kier alpha value is -2.04. The molecule has 0 aliphatic carbocycles. The van der Waals surface area contributed by atoms with Gasteiger partial charge in [-0.25, -0.2) is 0 Å². The monoisotopic (exact) mass is 384 g/mol. The van der Waals surface area contributed by atoms with Crippen molar-refractivity contribution in [1.29, 1.82) is 0 Å². The molecule has 0 spiro atoms. The summed E-state index contributed by atoms with van der Waals surface area (Å²) in [4.78, 5) is 15.3. The summed E-state index contributed by atoms with van der Waals surface area (Å²) in [5, 5.41) is 3.85. The average molecular weight is 385 g/mol. The number of nitrogens with zero attached hydrogens (tertiary/aromatic N) is 1. The zero-order valence-electron chi connectivity index (χ0n) is 15.4. The van der Waals surface area contributed by atoms with Crippen LogP contribution in [0.1, 0.15) is 36.4 Å². The molecule has 4 rings (SSSR count). The van der Waals surface area contributed by atoms with E-state index in [0.29, 0.717) is 17.4 Å². The van der Waals surface area contributed by atoms with Gasteiger partial charge in [-0.1, -0.05) is 54.1 Å². The van der Waals surface area contributed by atoms with Gasteiger partial charge in [0.25, 0.3) is 0 Å². The Morgan fingerprint density at radius 2 is 1.85 bits per heavy atom. The van der Waals surface area contributed by atoms with Crippen molar-refractivity contribution in [3.63, 3.8) is 0 Å². The SMILES string of the molecule is O=C(NC1CCOc2c(Cl)cccc21)C1CCN(Cc2ccccc2)CC1. The van der Waals surface area contributed by atoms with Crippen molar-refractivity contribution in [2.45, 2.75) is 31.8 Å². The van der Waals surface area contributed by atoms with E-state index in [2.05, 4.69) is 34.5 Å². The van der Waals surface area contributed by atoms with Crippen molar-refractivity contribution in [3.05, 3.63) is 64.7 Å². The van der Waals surface area contributed by atoms with Crippen molar-refractivity contribution in [2.75, 3.05) is 19.7 Å². The molecule has 5 heteroatoms. The number of hydrogen-bond donors (Lipinski definition) is 1. The highest BCUT2D eigenvalue weighted by Gasteiger charge is 2.29. The number of para-hydroxylation sites is 1. The summed E-state index contributed by atoms with van der Waals surface area (Å²) in [5.41, 5.74) is 2.32. The Kier molecular flexibility index (Phi) is 5.65. The zero-order chi connectivity index (χ0) is 18.6. The van der Waals surface area contributed by atoms with Crippen LogP contribution in [-0.2, 0) is 11.3 Å². The Morgan fingerprint density at radius 3 is 2.63 bits per heavy atom. The van der Waals surface area contributed by atoms with Crippen molar-refractivity contribution < 1.29 is 9.53 Å². The first-order chi connectivity index (χ1) is 13.2. The Balaban J connectivity index is 1.32. The van der Waals surface area contributed by atoms with Crippen molar-refractivity contribution in [2.24, 2.45) is 5.92 Å². The van der Waals surface area contributed by atoms with E-state index in [9.17, 15) is 4.79 Å². The first-order valence-corrected chi connectivity index (χ1v) is 10.1. The molecule has 1 atom stereocenters. The highest BCUT2D eigenvalue weighted by molar-refractivity contribution is 6.32. The Morgan fingerprint density at radius 1 is 1.07 bits per heavy atom. The molecular formula is C22H25ClN2O2. The second-order valence-electron chi connectivity index (χ2n) is 7.39. The summed E-state index contributed by atoms with van der Waals surface area (Å²) in [6.07, 6.45) is 2.60. The first-order valence-electron chi connectivity index (χ1n) is 9.68. The van der Waals surface area contributed by atoms with E-state index in [1.54, 1.807) is 0 Å². The van der Waals surface area contributed by atoms with Gasteiger partial charge in [0, 0.05) is 24.4 Å². The molecule has 2 heterocycles. The zero-order valence-corrected chi connectivity index (χ0v) is 16.1. The maximum absolute atomic E-state index is 12.8. The van der Waals surface area contributed by atoms with Crippen molar-refractivity contribution >= 4 is 17.5 Å². The van der Waals surface area contributed by atoms with Gasteiger partial charge < -0.3 is 10.1 Å². The van der Waals surface area contributed by atoms with Crippen molar-refractivity contribution in [1.82, 2.24) is 10.2 Å². The van der Waals surface area contributed by atoms with Gasteiger partial charge in [-0.05, 0) is 37.6 Å². The van der Waals surface area contributed by atoms with Gasteiger partial charge in [-0.15, -0.1) is 0 Å². The second-order valence-corrected chi connectivity index (χ2v) is 7.80. The molecular weight excluding hydrogens is 360 g/mol. The van der Waals surface area contributed by atoms with Gasteiger partial charge in [0.15, 0.2) is 0 Å². The van der Waals surface area contributed by atoms with E-state index in [-0.39, 0.29) is 17.9 Å². The van der Waals surface area contributed by atoms with E-state index >= 15 is 0 Å². The van der Waals surface area contributed by atoms with Gasteiger partial charge in [-0.2, -0.15) is 0 Å². The van der Waals surface area contributed by atoms with Crippen LogP contribution >= 0.6 is 11.6 Å². The standard InChI is InChI=1S/C22H25ClN2O2/c23-19-8-4-7-18-20(11-14-27-21(18)19)24-22(26)17-9-12-25(13-10-17)15-16-5-2-1-3-6-16/h1-8,17,20H,9-15H2,(H,24,26). The minimum absolute atomic E-state index is 0.0118.